The Kier molecular flexibility index (Phi) is 5.03. The minimum atomic E-state index is -2.82. The third kappa shape index (κ3) is 4.58. The Morgan fingerprint density at radius 3 is 2.63 bits per heavy atom. The summed E-state index contributed by atoms with van der Waals surface area (Å²) in [6.07, 6.45) is 4.28. The summed E-state index contributed by atoms with van der Waals surface area (Å²) in [6, 6.07) is 8.91. The standard InChI is InChI=1S/C14H20BrNO2S/c1-19(17,18)8-4-7-16-12-9-11(10-12)13-5-2-3-6-14(13)15/h2-3,5-6,11-12,16H,4,7-10H2,1H3. The zero-order valence-electron chi connectivity index (χ0n) is 11.1. The summed E-state index contributed by atoms with van der Waals surface area (Å²) >= 11 is 3.59. The topological polar surface area (TPSA) is 46.2 Å². The third-order valence-electron chi connectivity index (χ3n) is 3.61. The fraction of sp³-hybridized carbons (Fsp3) is 0.571. The van der Waals surface area contributed by atoms with Crippen LogP contribution in [0.15, 0.2) is 28.7 Å². The van der Waals surface area contributed by atoms with Gasteiger partial charge in [0.1, 0.15) is 9.84 Å². The molecule has 0 radical (unpaired) electrons. The van der Waals surface area contributed by atoms with Gasteiger partial charge in [-0.2, -0.15) is 0 Å². The maximum absolute atomic E-state index is 11.0. The van der Waals surface area contributed by atoms with Crippen LogP contribution in [0.2, 0.25) is 0 Å². The van der Waals surface area contributed by atoms with E-state index in [4.69, 9.17) is 0 Å². The van der Waals surface area contributed by atoms with Gasteiger partial charge in [-0.05, 0) is 43.4 Å². The Morgan fingerprint density at radius 1 is 1.32 bits per heavy atom. The highest BCUT2D eigenvalue weighted by Gasteiger charge is 2.30. The number of hydrogen-bond acceptors (Lipinski definition) is 3. The lowest BCUT2D eigenvalue weighted by molar-refractivity contribution is 0.291. The molecule has 0 bridgehead atoms. The van der Waals surface area contributed by atoms with Crippen LogP contribution in [0.4, 0.5) is 0 Å². The van der Waals surface area contributed by atoms with Crippen molar-refractivity contribution in [3.05, 3.63) is 34.3 Å². The highest BCUT2D eigenvalue weighted by Crippen LogP contribution is 2.39. The largest absolute Gasteiger partial charge is 0.314 e. The molecule has 0 aliphatic heterocycles. The Bertz CT molecular complexity index is 524. The summed E-state index contributed by atoms with van der Waals surface area (Å²) in [6.45, 7) is 0.792. The second-order valence-electron chi connectivity index (χ2n) is 5.32. The van der Waals surface area contributed by atoms with Crippen LogP contribution in [0.3, 0.4) is 0 Å². The summed E-state index contributed by atoms with van der Waals surface area (Å²) < 4.78 is 23.2. The SMILES string of the molecule is CS(=O)(=O)CCCNC1CC(c2ccccc2Br)C1. The molecule has 0 amide bonds. The van der Waals surface area contributed by atoms with Crippen LogP contribution >= 0.6 is 15.9 Å². The van der Waals surface area contributed by atoms with Gasteiger partial charge >= 0.3 is 0 Å². The Balaban J connectivity index is 1.68. The number of sulfone groups is 1. The van der Waals surface area contributed by atoms with Crippen LogP contribution < -0.4 is 5.32 Å². The second-order valence-corrected chi connectivity index (χ2v) is 8.44. The molecule has 0 aromatic heterocycles. The molecule has 1 aliphatic carbocycles. The molecule has 0 spiro atoms. The van der Waals surface area contributed by atoms with E-state index in [0.717, 1.165) is 19.4 Å². The average molecular weight is 346 g/mol. The zero-order valence-corrected chi connectivity index (χ0v) is 13.5. The van der Waals surface area contributed by atoms with Gasteiger partial charge in [0.05, 0.1) is 5.75 Å². The molecule has 3 nitrogen and oxygen atoms in total. The predicted molar refractivity (Wildman–Crippen MR) is 82.2 cm³/mol. The van der Waals surface area contributed by atoms with Crippen LogP contribution in [-0.2, 0) is 9.84 Å². The molecule has 1 aromatic carbocycles. The second kappa shape index (κ2) is 6.37. The minimum Gasteiger partial charge on any atom is -0.314 e. The number of halogens is 1. The summed E-state index contributed by atoms with van der Waals surface area (Å²) in [7, 11) is -2.82. The van der Waals surface area contributed by atoms with Crippen molar-refractivity contribution in [2.45, 2.75) is 31.2 Å². The summed E-state index contributed by atoms with van der Waals surface area (Å²) in [4.78, 5) is 0. The van der Waals surface area contributed by atoms with Gasteiger partial charge in [0, 0.05) is 16.8 Å². The summed E-state index contributed by atoms with van der Waals surface area (Å²) in [5, 5.41) is 3.43. The molecule has 1 N–H and O–H groups in total. The van der Waals surface area contributed by atoms with Gasteiger partial charge in [0.2, 0.25) is 0 Å². The first-order valence-electron chi connectivity index (χ1n) is 6.61. The van der Waals surface area contributed by atoms with E-state index in [1.807, 2.05) is 6.07 Å². The molecule has 1 saturated carbocycles. The van der Waals surface area contributed by atoms with Crippen molar-refractivity contribution in [2.24, 2.45) is 0 Å². The van der Waals surface area contributed by atoms with Crippen LogP contribution in [0.5, 0.6) is 0 Å². The maximum atomic E-state index is 11.0. The van der Waals surface area contributed by atoms with E-state index in [-0.39, 0.29) is 5.75 Å². The summed E-state index contributed by atoms with van der Waals surface area (Å²) in [5.74, 6) is 0.906. The highest BCUT2D eigenvalue weighted by atomic mass is 79.9. The quantitative estimate of drug-likeness (QED) is 0.806. The van der Waals surface area contributed by atoms with Gasteiger partial charge in [-0.3, -0.25) is 0 Å². The molecule has 106 valence electrons. The van der Waals surface area contributed by atoms with Gasteiger partial charge < -0.3 is 5.32 Å². The van der Waals surface area contributed by atoms with Crippen LogP contribution in [-0.4, -0.2) is 33.0 Å². The Morgan fingerprint density at radius 2 is 2.00 bits per heavy atom. The van der Waals surface area contributed by atoms with Gasteiger partial charge in [-0.25, -0.2) is 8.42 Å². The van der Waals surface area contributed by atoms with Crippen molar-refractivity contribution in [3.8, 4) is 0 Å². The molecule has 0 atom stereocenters. The average Bonchev–Trinajstić information content (AvgIpc) is 2.27. The number of nitrogens with one attached hydrogen (secondary N) is 1. The van der Waals surface area contributed by atoms with Crippen molar-refractivity contribution in [1.29, 1.82) is 0 Å². The molecular weight excluding hydrogens is 326 g/mol. The van der Waals surface area contributed by atoms with Crippen molar-refractivity contribution in [1.82, 2.24) is 5.32 Å². The molecule has 19 heavy (non-hydrogen) atoms. The van der Waals surface area contributed by atoms with Gasteiger partial charge in [0.25, 0.3) is 0 Å². The van der Waals surface area contributed by atoms with Crippen LogP contribution in [0, 0.1) is 0 Å². The number of hydrogen-bond donors (Lipinski definition) is 1. The zero-order chi connectivity index (χ0) is 13.9. The van der Waals surface area contributed by atoms with E-state index in [0.29, 0.717) is 18.4 Å². The first-order chi connectivity index (χ1) is 8.96. The lowest BCUT2D eigenvalue weighted by Gasteiger charge is -2.37. The molecule has 2 rings (SSSR count). The Hall–Kier alpha value is -0.390. The van der Waals surface area contributed by atoms with E-state index >= 15 is 0 Å². The molecular formula is C14H20BrNO2S. The predicted octanol–water partition coefficient (Wildman–Crippen LogP) is 2.72. The molecule has 1 fully saturated rings. The minimum absolute atomic E-state index is 0.278. The van der Waals surface area contributed by atoms with E-state index < -0.39 is 9.84 Å². The van der Waals surface area contributed by atoms with Crippen molar-refractivity contribution < 1.29 is 8.42 Å². The first kappa shape index (κ1) is 15.0. The molecule has 0 saturated heterocycles. The Labute approximate surface area is 123 Å². The monoisotopic (exact) mass is 345 g/mol. The molecule has 0 heterocycles. The van der Waals surface area contributed by atoms with Gasteiger partial charge in [-0.1, -0.05) is 34.1 Å². The number of benzene rings is 1. The van der Waals surface area contributed by atoms with Crippen molar-refractivity contribution >= 4 is 25.8 Å². The summed E-state index contributed by atoms with van der Waals surface area (Å²) in [5.41, 5.74) is 1.39. The molecule has 1 aliphatic rings. The normalized spacial score (nSPS) is 23.1. The fourth-order valence-electron chi connectivity index (χ4n) is 2.49. The molecule has 0 unspecified atom stereocenters. The fourth-order valence-corrected chi connectivity index (χ4v) is 3.76. The van der Waals surface area contributed by atoms with Gasteiger partial charge in [-0.15, -0.1) is 0 Å². The smallest absolute Gasteiger partial charge is 0.147 e. The molecule has 5 heteroatoms. The maximum Gasteiger partial charge on any atom is 0.147 e. The lowest BCUT2D eigenvalue weighted by atomic mass is 9.76. The van der Waals surface area contributed by atoms with Gasteiger partial charge in [0.15, 0.2) is 0 Å². The first-order valence-corrected chi connectivity index (χ1v) is 9.46. The third-order valence-corrected chi connectivity index (χ3v) is 5.36. The van der Waals surface area contributed by atoms with E-state index in [1.165, 1.54) is 16.3 Å². The van der Waals surface area contributed by atoms with Crippen LogP contribution in [0.1, 0.15) is 30.7 Å². The van der Waals surface area contributed by atoms with Crippen molar-refractivity contribution in [3.63, 3.8) is 0 Å². The highest BCUT2D eigenvalue weighted by molar-refractivity contribution is 9.10. The van der Waals surface area contributed by atoms with E-state index in [9.17, 15) is 8.42 Å². The molecule has 1 aromatic rings. The van der Waals surface area contributed by atoms with E-state index in [1.54, 1.807) is 0 Å². The number of rotatable bonds is 6. The van der Waals surface area contributed by atoms with E-state index in [2.05, 4.69) is 39.4 Å². The van der Waals surface area contributed by atoms with Crippen molar-refractivity contribution in [2.75, 3.05) is 18.6 Å². The lowest BCUT2D eigenvalue weighted by Crippen LogP contribution is -2.40. The van der Waals surface area contributed by atoms with Crippen LogP contribution in [0.25, 0.3) is 0 Å².